The van der Waals surface area contributed by atoms with E-state index in [4.69, 9.17) is 4.74 Å². The predicted molar refractivity (Wildman–Crippen MR) is 61.9 cm³/mol. The number of ether oxygens (including phenoxy) is 1. The molecule has 1 unspecified atom stereocenters. The molecule has 0 amide bonds. The topological polar surface area (TPSA) is 47.0 Å². The standard InChI is InChI=1S/C12H19N3O/c1-3-16-9(2)12-14-7-10(8-15-12)6-13-11-4-5-11/h7-9,11,13H,3-6H2,1-2H3. The normalized spacial score (nSPS) is 17.4. The average Bonchev–Trinajstić information content (AvgIpc) is 3.11. The van der Waals surface area contributed by atoms with Crippen LogP contribution in [0.5, 0.6) is 0 Å². The van der Waals surface area contributed by atoms with Crippen molar-refractivity contribution >= 4 is 0 Å². The van der Waals surface area contributed by atoms with E-state index in [-0.39, 0.29) is 6.10 Å². The van der Waals surface area contributed by atoms with E-state index >= 15 is 0 Å². The molecule has 0 aromatic carbocycles. The summed E-state index contributed by atoms with van der Waals surface area (Å²) < 4.78 is 5.44. The molecule has 1 aliphatic carbocycles. The van der Waals surface area contributed by atoms with Gasteiger partial charge in [-0.05, 0) is 26.7 Å². The van der Waals surface area contributed by atoms with Crippen LogP contribution in [0.15, 0.2) is 12.4 Å². The summed E-state index contributed by atoms with van der Waals surface area (Å²) in [6, 6.07) is 0.724. The van der Waals surface area contributed by atoms with Crippen molar-refractivity contribution in [2.24, 2.45) is 0 Å². The molecule has 0 saturated heterocycles. The Balaban J connectivity index is 1.87. The molecular formula is C12H19N3O. The third kappa shape index (κ3) is 3.25. The summed E-state index contributed by atoms with van der Waals surface area (Å²) in [5, 5.41) is 3.44. The summed E-state index contributed by atoms with van der Waals surface area (Å²) in [6.45, 7) is 5.51. The van der Waals surface area contributed by atoms with Crippen molar-refractivity contribution in [3.63, 3.8) is 0 Å². The molecule has 1 heterocycles. The van der Waals surface area contributed by atoms with E-state index in [1.165, 1.54) is 12.8 Å². The summed E-state index contributed by atoms with van der Waals surface area (Å²) in [5.41, 5.74) is 1.14. The first kappa shape index (κ1) is 11.5. The van der Waals surface area contributed by atoms with E-state index in [1.807, 2.05) is 26.2 Å². The zero-order valence-electron chi connectivity index (χ0n) is 9.94. The van der Waals surface area contributed by atoms with Crippen molar-refractivity contribution in [3.8, 4) is 0 Å². The summed E-state index contributed by atoms with van der Waals surface area (Å²) in [6.07, 6.45) is 6.36. The van der Waals surface area contributed by atoms with Gasteiger partial charge in [0.2, 0.25) is 0 Å². The Labute approximate surface area is 96.4 Å². The lowest BCUT2D eigenvalue weighted by molar-refractivity contribution is 0.0700. The molecule has 1 aliphatic rings. The highest BCUT2D eigenvalue weighted by Gasteiger charge is 2.20. The zero-order chi connectivity index (χ0) is 11.4. The van der Waals surface area contributed by atoms with Crippen LogP contribution in [0.3, 0.4) is 0 Å². The monoisotopic (exact) mass is 221 g/mol. The van der Waals surface area contributed by atoms with E-state index in [0.717, 1.165) is 24.0 Å². The first-order valence-corrected chi connectivity index (χ1v) is 5.95. The van der Waals surface area contributed by atoms with Gasteiger partial charge in [-0.1, -0.05) is 0 Å². The number of hydrogen-bond donors (Lipinski definition) is 1. The third-order valence-corrected chi connectivity index (χ3v) is 2.68. The van der Waals surface area contributed by atoms with Crippen molar-refractivity contribution in [1.82, 2.24) is 15.3 Å². The Bertz CT molecular complexity index is 322. The molecular weight excluding hydrogens is 202 g/mol. The molecule has 4 nitrogen and oxygen atoms in total. The van der Waals surface area contributed by atoms with Crippen molar-refractivity contribution in [2.45, 2.75) is 45.4 Å². The minimum absolute atomic E-state index is 0.0181. The molecule has 0 radical (unpaired) electrons. The number of hydrogen-bond acceptors (Lipinski definition) is 4. The van der Waals surface area contributed by atoms with Crippen molar-refractivity contribution in [1.29, 1.82) is 0 Å². The summed E-state index contributed by atoms with van der Waals surface area (Å²) >= 11 is 0. The lowest BCUT2D eigenvalue weighted by Crippen LogP contribution is -2.16. The first-order chi connectivity index (χ1) is 7.79. The van der Waals surface area contributed by atoms with Gasteiger partial charge in [-0.3, -0.25) is 0 Å². The van der Waals surface area contributed by atoms with Gasteiger partial charge in [0.25, 0.3) is 0 Å². The molecule has 0 aliphatic heterocycles. The van der Waals surface area contributed by atoms with Gasteiger partial charge in [-0.2, -0.15) is 0 Å². The lowest BCUT2D eigenvalue weighted by Gasteiger charge is -2.10. The van der Waals surface area contributed by atoms with Crippen LogP contribution in [0.4, 0.5) is 0 Å². The van der Waals surface area contributed by atoms with Gasteiger partial charge in [0, 0.05) is 37.2 Å². The van der Waals surface area contributed by atoms with Crippen molar-refractivity contribution in [2.75, 3.05) is 6.61 Å². The fourth-order valence-corrected chi connectivity index (χ4v) is 1.54. The van der Waals surface area contributed by atoms with Crippen LogP contribution in [0.1, 0.15) is 44.2 Å². The largest absolute Gasteiger partial charge is 0.371 e. The second-order valence-corrected chi connectivity index (χ2v) is 4.20. The number of nitrogens with one attached hydrogen (secondary N) is 1. The quantitative estimate of drug-likeness (QED) is 0.796. The second-order valence-electron chi connectivity index (χ2n) is 4.20. The Morgan fingerprint density at radius 1 is 1.44 bits per heavy atom. The van der Waals surface area contributed by atoms with Crippen LogP contribution in [0.2, 0.25) is 0 Å². The van der Waals surface area contributed by atoms with Gasteiger partial charge < -0.3 is 10.1 Å². The molecule has 1 saturated carbocycles. The van der Waals surface area contributed by atoms with Gasteiger partial charge in [0.1, 0.15) is 6.10 Å². The fourth-order valence-electron chi connectivity index (χ4n) is 1.54. The summed E-state index contributed by atoms with van der Waals surface area (Å²) in [7, 11) is 0. The second kappa shape index (κ2) is 5.37. The molecule has 1 aromatic heterocycles. The number of aromatic nitrogens is 2. The maximum absolute atomic E-state index is 5.44. The van der Waals surface area contributed by atoms with Crippen LogP contribution in [-0.4, -0.2) is 22.6 Å². The number of nitrogens with zero attached hydrogens (tertiary/aromatic N) is 2. The van der Waals surface area contributed by atoms with Crippen LogP contribution in [0, 0.1) is 0 Å². The van der Waals surface area contributed by atoms with E-state index in [0.29, 0.717) is 6.61 Å². The molecule has 1 aromatic rings. The predicted octanol–water partition coefficient (Wildman–Crippen LogP) is 1.83. The molecule has 1 N–H and O–H groups in total. The third-order valence-electron chi connectivity index (χ3n) is 2.68. The van der Waals surface area contributed by atoms with Gasteiger partial charge in [0.15, 0.2) is 5.82 Å². The van der Waals surface area contributed by atoms with E-state index in [2.05, 4.69) is 15.3 Å². The highest BCUT2D eigenvalue weighted by molar-refractivity contribution is 5.06. The molecule has 16 heavy (non-hydrogen) atoms. The molecule has 2 rings (SSSR count). The Kier molecular flexibility index (Phi) is 3.85. The van der Waals surface area contributed by atoms with Crippen molar-refractivity contribution < 1.29 is 4.74 Å². The highest BCUT2D eigenvalue weighted by Crippen LogP contribution is 2.19. The fraction of sp³-hybridized carbons (Fsp3) is 0.667. The minimum Gasteiger partial charge on any atom is -0.371 e. The van der Waals surface area contributed by atoms with Gasteiger partial charge >= 0.3 is 0 Å². The van der Waals surface area contributed by atoms with Crippen LogP contribution in [-0.2, 0) is 11.3 Å². The summed E-state index contributed by atoms with van der Waals surface area (Å²) in [5.74, 6) is 0.761. The maximum Gasteiger partial charge on any atom is 0.156 e. The Morgan fingerprint density at radius 3 is 2.69 bits per heavy atom. The van der Waals surface area contributed by atoms with E-state index in [1.54, 1.807) is 0 Å². The minimum atomic E-state index is -0.0181. The van der Waals surface area contributed by atoms with Crippen LogP contribution >= 0.6 is 0 Å². The van der Waals surface area contributed by atoms with E-state index < -0.39 is 0 Å². The highest BCUT2D eigenvalue weighted by atomic mass is 16.5. The Hall–Kier alpha value is -1.00. The molecule has 0 bridgehead atoms. The first-order valence-electron chi connectivity index (χ1n) is 5.95. The number of rotatable bonds is 6. The smallest absolute Gasteiger partial charge is 0.156 e. The lowest BCUT2D eigenvalue weighted by atomic mass is 10.3. The zero-order valence-corrected chi connectivity index (χ0v) is 9.94. The van der Waals surface area contributed by atoms with Gasteiger partial charge in [-0.25, -0.2) is 9.97 Å². The summed E-state index contributed by atoms with van der Waals surface area (Å²) in [4.78, 5) is 8.64. The maximum atomic E-state index is 5.44. The van der Waals surface area contributed by atoms with Gasteiger partial charge in [-0.15, -0.1) is 0 Å². The molecule has 1 fully saturated rings. The van der Waals surface area contributed by atoms with Crippen molar-refractivity contribution in [3.05, 3.63) is 23.8 Å². The molecule has 1 atom stereocenters. The van der Waals surface area contributed by atoms with Crippen LogP contribution < -0.4 is 5.32 Å². The van der Waals surface area contributed by atoms with E-state index in [9.17, 15) is 0 Å². The SMILES string of the molecule is CCOC(C)c1ncc(CNC2CC2)cn1. The molecule has 4 heteroatoms. The van der Waals surface area contributed by atoms with Gasteiger partial charge in [0.05, 0.1) is 0 Å². The van der Waals surface area contributed by atoms with Crippen LogP contribution in [0.25, 0.3) is 0 Å². The Morgan fingerprint density at radius 2 is 2.12 bits per heavy atom. The molecule has 0 spiro atoms. The average molecular weight is 221 g/mol. The molecule has 88 valence electrons.